The van der Waals surface area contributed by atoms with Gasteiger partial charge < -0.3 is 15.1 Å². The number of anilines is 2. The van der Waals surface area contributed by atoms with Crippen LogP contribution in [0.15, 0.2) is 79.8 Å². The van der Waals surface area contributed by atoms with Crippen LogP contribution in [0, 0.1) is 5.92 Å². The van der Waals surface area contributed by atoms with Gasteiger partial charge in [-0.2, -0.15) is 18.2 Å². The van der Waals surface area contributed by atoms with E-state index in [9.17, 15) is 18.0 Å². The number of alkyl halides is 3. The van der Waals surface area contributed by atoms with Crippen molar-refractivity contribution in [1.82, 2.24) is 29.4 Å². The second-order valence-corrected chi connectivity index (χ2v) is 11.7. The Balaban J connectivity index is 1.05. The number of nitrogens with zero attached hydrogens (tertiary/aromatic N) is 6. The zero-order valence-electron chi connectivity index (χ0n) is 25.0. The number of halogens is 3. The first-order valence-electron chi connectivity index (χ1n) is 15.3. The average molecular weight is 616 g/mol. The minimum atomic E-state index is -4.34. The van der Waals surface area contributed by atoms with E-state index in [1.165, 1.54) is 10.5 Å². The van der Waals surface area contributed by atoms with Crippen molar-refractivity contribution in [3.05, 3.63) is 96.5 Å². The smallest absolute Gasteiger partial charge is 0.372 e. The van der Waals surface area contributed by atoms with Crippen LogP contribution in [0.2, 0.25) is 0 Å². The molecule has 0 radical (unpaired) electrons. The highest BCUT2D eigenvalue weighted by Gasteiger charge is 2.30. The third-order valence-electron chi connectivity index (χ3n) is 8.61. The number of amides is 1. The van der Waals surface area contributed by atoms with Crippen molar-refractivity contribution in [2.24, 2.45) is 5.92 Å². The molecule has 0 spiro atoms. The second kappa shape index (κ2) is 13.1. The topological polar surface area (TPSA) is 78.7 Å². The molecule has 4 aromatic rings. The van der Waals surface area contributed by atoms with Crippen molar-refractivity contribution < 1.29 is 18.0 Å². The number of hydrogen-bond acceptors (Lipinski definition) is 6. The molecule has 0 saturated carbocycles. The number of nitrogens with one attached hydrogen (secondary N) is 1. The minimum absolute atomic E-state index is 0.271. The predicted octanol–water partition coefficient (Wildman–Crippen LogP) is 6.75. The van der Waals surface area contributed by atoms with E-state index in [0.717, 1.165) is 60.4 Å². The van der Waals surface area contributed by atoms with Crippen molar-refractivity contribution in [2.45, 2.75) is 44.7 Å². The molecular formula is C34H36F3N7O. The molecule has 3 aromatic heterocycles. The van der Waals surface area contributed by atoms with Crippen LogP contribution in [0.25, 0.3) is 16.9 Å². The molecule has 1 fully saturated rings. The van der Waals surface area contributed by atoms with Gasteiger partial charge in [-0.25, -0.2) is 4.52 Å². The summed E-state index contributed by atoms with van der Waals surface area (Å²) >= 11 is 0. The monoisotopic (exact) mass is 615 g/mol. The Morgan fingerprint density at radius 1 is 1.02 bits per heavy atom. The van der Waals surface area contributed by atoms with Crippen LogP contribution >= 0.6 is 0 Å². The van der Waals surface area contributed by atoms with Crippen molar-refractivity contribution in [1.29, 1.82) is 0 Å². The van der Waals surface area contributed by atoms with Crippen molar-refractivity contribution in [3.63, 3.8) is 0 Å². The number of hydrogen-bond donors (Lipinski definition) is 1. The van der Waals surface area contributed by atoms with Crippen LogP contribution in [-0.4, -0.2) is 67.6 Å². The van der Waals surface area contributed by atoms with Crippen LogP contribution in [-0.2, 0) is 11.2 Å². The molecule has 1 aromatic carbocycles. The standard InChI is InChI=1S/C34H36F3N7O/c1-24(42-18-11-25(12-19-42)22-26-4-2-16-38-23-26)27-6-8-29(9-7-27)39-33-40-32-30(5-3-17-44(32)41-33)28-13-20-43(21-14-28)31(45)10-15-34(35,36)37/h2-9,13,16-17,23,25H,1,10-12,14-15,18-22H2,(H,39,41). The molecule has 6 rings (SSSR count). The number of carbonyl (C=O) groups excluding carboxylic acids is 1. The molecular weight excluding hydrogens is 579 g/mol. The zero-order valence-corrected chi connectivity index (χ0v) is 25.0. The summed E-state index contributed by atoms with van der Waals surface area (Å²) in [5, 5.41) is 7.88. The molecule has 234 valence electrons. The van der Waals surface area contributed by atoms with E-state index in [1.807, 2.05) is 55.0 Å². The summed E-state index contributed by atoms with van der Waals surface area (Å²) < 4.78 is 39.3. The number of benzene rings is 1. The van der Waals surface area contributed by atoms with Gasteiger partial charge in [-0.15, -0.1) is 5.10 Å². The summed E-state index contributed by atoms with van der Waals surface area (Å²) in [6.45, 7) is 6.99. The van der Waals surface area contributed by atoms with Gasteiger partial charge >= 0.3 is 6.18 Å². The lowest BCUT2D eigenvalue weighted by atomic mass is 9.90. The van der Waals surface area contributed by atoms with Crippen LogP contribution in [0.3, 0.4) is 0 Å². The van der Waals surface area contributed by atoms with Crippen LogP contribution in [0.4, 0.5) is 24.8 Å². The maximum absolute atomic E-state index is 12.5. The predicted molar refractivity (Wildman–Crippen MR) is 168 cm³/mol. The summed E-state index contributed by atoms with van der Waals surface area (Å²) in [5.74, 6) is 0.629. The lowest BCUT2D eigenvalue weighted by Crippen LogP contribution is -2.35. The lowest BCUT2D eigenvalue weighted by molar-refractivity contribution is -0.148. The zero-order chi connectivity index (χ0) is 31.4. The van der Waals surface area contributed by atoms with Gasteiger partial charge in [0, 0.05) is 68.1 Å². The molecule has 2 aliphatic heterocycles. The normalized spacial score (nSPS) is 16.1. The van der Waals surface area contributed by atoms with E-state index in [0.29, 0.717) is 30.5 Å². The lowest BCUT2D eigenvalue weighted by Gasteiger charge is -2.35. The first-order valence-corrected chi connectivity index (χ1v) is 15.3. The van der Waals surface area contributed by atoms with Crippen molar-refractivity contribution >= 4 is 34.5 Å². The van der Waals surface area contributed by atoms with Gasteiger partial charge in [0.05, 0.1) is 6.42 Å². The molecule has 1 N–H and O–H groups in total. The SMILES string of the molecule is C=C(c1ccc(Nc2nc3c(C4=CCN(C(=O)CCC(F)(F)F)CC4)cccn3n2)cc1)N1CCC(Cc2cccnc2)CC1. The molecule has 5 heterocycles. The molecule has 1 amide bonds. The summed E-state index contributed by atoms with van der Waals surface area (Å²) in [4.78, 5) is 25.0. The fraction of sp³-hybridized carbons (Fsp3) is 0.353. The minimum Gasteiger partial charge on any atom is -0.372 e. The van der Waals surface area contributed by atoms with Crippen LogP contribution in [0.5, 0.6) is 0 Å². The Hall–Kier alpha value is -4.67. The molecule has 0 aliphatic carbocycles. The van der Waals surface area contributed by atoms with Crippen LogP contribution in [0.1, 0.15) is 48.8 Å². The maximum Gasteiger partial charge on any atom is 0.389 e. The molecule has 0 bridgehead atoms. The number of piperidine rings is 1. The van der Waals surface area contributed by atoms with E-state index in [4.69, 9.17) is 4.98 Å². The number of likely N-dealkylation sites (tertiary alicyclic amines) is 1. The number of rotatable bonds is 9. The first-order chi connectivity index (χ1) is 21.7. The molecule has 0 unspecified atom stereocenters. The third kappa shape index (κ3) is 7.53. The van der Waals surface area contributed by atoms with Crippen molar-refractivity contribution in [2.75, 3.05) is 31.5 Å². The Morgan fingerprint density at radius 2 is 1.82 bits per heavy atom. The summed E-state index contributed by atoms with van der Waals surface area (Å²) in [6, 6.07) is 16.1. The van der Waals surface area contributed by atoms with E-state index >= 15 is 0 Å². The molecule has 0 atom stereocenters. The Bertz CT molecular complexity index is 1670. The van der Waals surface area contributed by atoms with Crippen LogP contribution < -0.4 is 5.32 Å². The summed E-state index contributed by atoms with van der Waals surface area (Å²) in [5.41, 5.74) is 6.79. The summed E-state index contributed by atoms with van der Waals surface area (Å²) in [7, 11) is 0. The molecule has 45 heavy (non-hydrogen) atoms. The third-order valence-corrected chi connectivity index (χ3v) is 8.61. The Kier molecular flexibility index (Phi) is 8.86. The van der Waals surface area contributed by atoms with E-state index in [-0.39, 0.29) is 6.54 Å². The largest absolute Gasteiger partial charge is 0.389 e. The fourth-order valence-corrected chi connectivity index (χ4v) is 6.07. The van der Waals surface area contributed by atoms with Gasteiger partial charge in [-0.05, 0) is 78.6 Å². The van der Waals surface area contributed by atoms with Gasteiger partial charge in [0.25, 0.3) is 0 Å². The number of fused-ring (bicyclic) bond motifs is 1. The highest BCUT2D eigenvalue weighted by atomic mass is 19.4. The molecule has 8 nitrogen and oxygen atoms in total. The van der Waals surface area contributed by atoms with Gasteiger partial charge in [0.1, 0.15) is 0 Å². The van der Waals surface area contributed by atoms with Gasteiger partial charge in [-0.1, -0.05) is 30.9 Å². The molecule has 1 saturated heterocycles. The first kappa shape index (κ1) is 30.4. The second-order valence-electron chi connectivity index (χ2n) is 11.7. The quantitative estimate of drug-likeness (QED) is 0.225. The molecule has 11 heteroatoms. The number of carbonyl (C=O) groups is 1. The van der Waals surface area contributed by atoms with E-state index in [2.05, 4.69) is 45.1 Å². The van der Waals surface area contributed by atoms with Gasteiger partial charge in [0.2, 0.25) is 11.9 Å². The van der Waals surface area contributed by atoms with Gasteiger partial charge in [-0.3, -0.25) is 9.78 Å². The number of aromatic nitrogens is 4. The summed E-state index contributed by atoms with van der Waals surface area (Å²) in [6.07, 6.45) is 5.38. The Labute approximate surface area is 260 Å². The van der Waals surface area contributed by atoms with Crippen molar-refractivity contribution in [3.8, 4) is 0 Å². The highest BCUT2D eigenvalue weighted by Crippen LogP contribution is 2.30. The fourth-order valence-electron chi connectivity index (χ4n) is 6.07. The highest BCUT2D eigenvalue weighted by molar-refractivity contribution is 5.81. The maximum atomic E-state index is 12.5. The average Bonchev–Trinajstić information content (AvgIpc) is 3.47. The van der Waals surface area contributed by atoms with E-state index < -0.39 is 24.9 Å². The van der Waals surface area contributed by atoms with E-state index in [1.54, 1.807) is 4.52 Å². The number of pyridine rings is 2. The van der Waals surface area contributed by atoms with Gasteiger partial charge in [0.15, 0.2) is 5.65 Å². The molecule has 2 aliphatic rings. The Morgan fingerprint density at radius 3 is 2.51 bits per heavy atom.